The van der Waals surface area contributed by atoms with Gasteiger partial charge in [0, 0.05) is 6.42 Å². The van der Waals surface area contributed by atoms with Gasteiger partial charge in [0.1, 0.15) is 12.2 Å². The minimum Gasteiger partial charge on any atom is -0.376 e. The number of amides is 1. The van der Waals surface area contributed by atoms with Gasteiger partial charge < -0.3 is 19.9 Å². The third-order valence-corrected chi connectivity index (χ3v) is 5.10. The number of allylic oxidation sites excluding steroid dienone is 2. The van der Waals surface area contributed by atoms with Crippen LogP contribution >= 0.6 is 0 Å². The van der Waals surface area contributed by atoms with E-state index in [-0.39, 0.29) is 5.91 Å². The van der Waals surface area contributed by atoms with Crippen LogP contribution in [-0.4, -0.2) is 44.5 Å². The first kappa shape index (κ1) is 26.1. The molecule has 0 spiro atoms. The standard InChI is InChI=1S/C18H35NO.C6H10O3/c1-2-3-4-5-6-7-8-9-10-11-12-13-14-15-16-17-18(19)20;1(5-3-8-5)7-2-6-4-9-6/h9-10H,2-8,11-17H2,1H3,(H2,19,20);5-6H,1-4H2/b10-9-;. The average Bonchev–Trinajstić information content (AvgIpc) is 3.61. The summed E-state index contributed by atoms with van der Waals surface area (Å²) in [7, 11) is 0. The molecule has 2 unspecified atom stereocenters. The summed E-state index contributed by atoms with van der Waals surface area (Å²) >= 11 is 0. The highest BCUT2D eigenvalue weighted by Crippen LogP contribution is 2.12. The summed E-state index contributed by atoms with van der Waals surface area (Å²) in [6, 6.07) is 0. The first-order chi connectivity index (χ1) is 14.2. The lowest BCUT2D eigenvalue weighted by atomic mass is 10.1. The van der Waals surface area contributed by atoms with E-state index in [0.717, 1.165) is 39.3 Å². The zero-order valence-corrected chi connectivity index (χ0v) is 18.7. The lowest BCUT2D eigenvalue weighted by Crippen LogP contribution is -2.09. The van der Waals surface area contributed by atoms with Gasteiger partial charge in [0.2, 0.25) is 5.91 Å². The Labute approximate surface area is 178 Å². The van der Waals surface area contributed by atoms with Crippen LogP contribution in [0.2, 0.25) is 0 Å². The first-order valence-corrected chi connectivity index (χ1v) is 12.0. The molecule has 29 heavy (non-hydrogen) atoms. The summed E-state index contributed by atoms with van der Waals surface area (Å²) in [5.74, 6) is -0.164. The molecule has 0 aromatic carbocycles. The van der Waals surface area contributed by atoms with Crippen LogP contribution in [0.5, 0.6) is 0 Å². The number of ether oxygens (including phenoxy) is 3. The van der Waals surface area contributed by atoms with E-state index in [2.05, 4.69) is 19.1 Å². The third kappa shape index (κ3) is 21.6. The van der Waals surface area contributed by atoms with Gasteiger partial charge in [-0.15, -0.1) is 0 Å². The molecular weight excluding hydrogens is 366 g/mol. The number of epoxide rings is 2. The van der Waals surface area contributed by atoms with Crippen LogP contribution in [0.3, 0.4) is 0 Å². The van der Waals surface area contributed by atoms with Gasteiger partial charge in [0.15, 0.2) is 0 Å². The Morgan fingerprint density at radius 2 is 1.28 bits per heavy atom. The Bertz CT molecular complexity index is 394. The summed E-state index contributed by atoms with van der Waals surface area (Å²) in [5, 5.41) is 0. The van der Waals surface area contributed by atoms with Crippen molar-refractivity contribution in [2.45, 2.75) is 109 Å². The van der Waals surface area contributed by atoms with E-state index < -0.39 is 0 Å². The third-order valence-electron chi connectivity index (χ3n) is 5.10. The van der Waals surface area contributed by atoms with Crippen molar-refractivity contribution in [1.82, 2.24) is 0 Å². The highest BCUT2D eigenvalue weighted by atomic mass is 16.6. The topological polar surface area (TPSA) is 77.4 Å². The van der Waals surface area contributed by atoms with Gasteiger partial charge in [-0.05, 0) is 32.1 Å². The van der Waals surface area contributed by atoms with E-state index >= 15 is 0 Å². The van der Waals surface area contributed by atoms with Gasteiger partial charge in [-0.2, -0.15) is 0 Å². The van der Waals surface area contributed by atoms with Crippen LogP contribution in [0, 0.1) is 0 Å². The number of hydrogen-bond donors (Lipinski definition) is 1. The fourth-order valence-electron chi connectivity index (χ4n) is 3.03. The van der Waals surface area contributed by atoms with Crippen molar-refractivity contribution in [3.05, 3.63) is 12.2 Å². The van der Waals surface area contributed by atoms with Crippen molar-refractivity contribution in [1.29, 1.82) is 0 Å². The minimum atomic E-state index is -0.164. The molecule has 0 aliphatic carbocycles. The second-order valence-electron chi connectivity index (χ2n) is 8.25. The Morgan fingerprint density at radius 1 is 0.828 bits per heavy atom. The molecule has 2 atom stereocenters. The maximum Gasteiger partial charge on any atom is 0.217 e. The molecule has 2 aliphatic rings. The second kappa shape index (κ2) is 19.1. The maximum atomic E-state index is 10.5. The number of nitrogens with two attached hydrogens (primary N) is 1. The largest absolute Gasteiger partial charge is 0.376 e. The predicted molar refractivity (Wildman–Crippen MR) is 119 cm³/mol. The summed E-state index contributed by atoms with van der Waals surface area (Å²) in [6.45, 7) is 5.53. The van der Waals surface area contributed by atoms with Crippen molar-refractivity contribution in [3.8, 4) is 0 Å². The molecule has 2 aliphatic heterocycles. The molecule has 2 rings (SSSR count). The van der Waals surface area contributed by atoms with Gasteiger partial charge in [0.05, 0.1) is 26.4 Å². The van der Waals surface area contributed by atoms with E-state index in [1.165, 1.54) is 70.6 Å². The fraction of sp³-hybridized carbons (Fsp3) is 0.875. The Morgan fingerprint density at radius 3 is 1.72 bits per heavy atom. The highest BCUT2D eigenvalue weighted by molar-refractivity contribution is 5.73. The minimum absolute atomic E-state index is 0.164. The van der Waals surface area contributed by atoms with Crippen LogP contribution < -0.4 is 5.73 Å². The van der Waals surface area contributed by atoms with Crippen molar-refractivity contribution in [2.75, 3.05) is 26.4 Å². The van der Waals surface area contributed by atoms with Crippen LogP contribution in [0.4, 0.5) is 0 Å². The van der Waals surface area contributed by atoms with Gasteiger partial charge in [-0.3, -0.25) is 4.79 Å². The molecule has 0 radical (unpaired) electrons. The van der Waals surface area contributed by atoms with E-state index in [4.69, 9.17) is 19.9 Å². The summed E-state index contributed by atoms with van der Waals surface area (Å²) in [5.41, 5.74) is 5.10. The summed E-state index contributed by atoms with van der Waals surface area (Å²) in [6.07, 6.45) is 22.7. The Kier molecular flexibility index (Phi) is 17.2. The van der Waals surface area contributed by atoms with E-state index in [0.29, 0.717) is 18.6 Å². The van der Waals surface area contributed by atoms with Crippen molar-refractivity contribution in [2.24, 2.45) is 5.73 Å². The van der Waals surface area contributed by atoms with Crippen LogP contribution in [0.25, 0.3) is 0 Å². The van der Waals surface area contributed by atoms with Crippen LogP contribution in [0.15, 0.2) is 12.2 Å². The molecule has 2 heterocycles. The van der Waals surface area contributed by atoms with Gasteiger partial charge >= 0.3 is 0 Å². The SMILES string of the molecule is C(OCC1CO1)C1CO1.CCCCCCCC/C=C\CCCCCCCC(N)=O. The number of primary amides is 1. The first-order valence-electron chi connectivity index (χ1n) is 12.0. The molecule has 0 saturated carbocycles. The van der Waals surface area contributed by atoms with E-state index in [1.54, 1.807) is 0 Å². The molecule has 2 N–H and O–H groups in total. The molecule has 2 fully saturated rings. The molecule has 170 valence electrons. The molecule has 1 amide bonds. The van der Waals surface area contributed by atoms with Crippen LogP contribution in [-0.2, 0) is 19.0 Å². The maximum absolute atomic E-state index is 10.5. The number of carbonyl (C=O) groups is 1. The number of unbranched alkanes of at least 4 members (excludes halogenated alkanes) is 11. The smallest absolute Gasteiger partial charge is 0.217 e. The van der Waals surface area contributed by atoms with Crippen molar-refractivity contribution in [3.63, 3.8) is 0 Å². The summed E-state index contributed by atoms with van der Waals surface area (Å²) < 4.78 is 15.1. The molecule has 2 saturated heterocycles. The number of rotatable bonds is 19. The number of hydrogen-bond acceptors (Lipinski definition) is 4. The predicted octanol–water partition coefficient (Wildman–Crippen LogP) is 5.31. The van der Waals surface area contributed by atoms with Gasteiger partial charge in [-0.25, -0.2) is 0 Å². The molecule has 0 aromatic heterocycles. The molecular formula is C24H45NO4. The van der Waals surface area contributed by atoms with Crippen LogP contribution in [0.1, 0.15) is 96.8 Å². The quantitative estimate of drug-likeness (QED) is 0.177. The lowest BCUT2D eigenvalue weighted by Gasteiger charge is -1.99. The normalized spacial score (nSPS) is 19.8. The van der Waals surface area contributed by atoms with E-state index in [9.17, 15) is 4.79 Å². The molecule has 5 heteroatoms. The van der Waals surface area contributed by atoms with Crippen molar-refractivity contribution >= 4 is 5.91 Å². The van der Waals surface area contributed by atoms with E-state index in [1.807, 2.05) is 0 Å². The lowest BCUT2D eigenvalue weighted by molar-refractivity contribution is -0.118. The zero-order chi connectivity index (χ0) is 21.0. The van der Waals surface area contributed by atoms with Crippen molar-refractivity contribution < 1.29 is 19.0 Å². The second-order valence-corrected chi connectivity index (χ2v) is 8.25. The highest BCUT2D eigenvalue weighted by Gasteiger charge is 2.26. The Balaban J connectivity index is 0.000000379. The fourth-order valence-corrected chi connectivity index (χ4v) is 3.03. The number of carbonyl (C=O) groups excluding carboxylic acids is 1. The monoisotopic (exact) mass is 411 g/mol. The molecule has 0 aromatic rings. The molecule has 5 nitrogen and oxygen atoms in total. The zero-order valence-electron chi connectivity index (χ0n) is 18.7. The average molecular weight is 412 g/mol. The van der Waals surface area contributed by atoms with Gasteiger partial charge in [0.25, 0.3) is 0 Å². The van der Waals surface area contributed by atoms with Gasteiger partial charge in [-0.1, -0.05) is 70.4 Å². The summed E-state index contributed by atoms with van der Waals surface area (Å²) in [4.78, 5) is 10.5. The molecule has 0 bridgehead atoms. The Hall–Kier alpha value is -0.910.